The number of nitrogens with zero attached hydrogens (tertiary/aromatic N) is 1. The van der Waals surface area contributed by atoms with E-state index < -0.39 is 0 Å². The van der Waals surface area contributed by atoms with Gasteiger partial charge in [-0.05, 0) is 12.1 Å². The highest BCUT2D eigenvalue weighted by Gasteiger charge is 2.28. The maximum atomic E-state index is 12.5. The Labute approximate surface area is 119 Å². The lowest BCUT2D eigenvalue weighted by molar-refractivity contribution is 0.104. The van der Waals surface area contributed by atoms with Crippen LogP contribution in [-0.2, 0) is 0 Å². The van der Waals surface area contributed by atoms with Crippen molar-refractivity contribution in [3.8, 4) is 22.8 Å². The molecular formula is C17H9NO3. The second-order valence-electron chi connectivity index (χ2n) is 5.16. The van der Waals surface area contributed by atoms with Crippen LogP contribution in [0.15, 0.2) is 42.5 Å². The molecule has 4 nitrogen and oxygen atoms in total. The van der Waals surface area contributed by atoms with Crippen molar-refractivity contribution in [1.82, 2.24) is 4.98 Å². The molecule has 100 valence electrons. The van der Waals surface area contributed by atoms with Crippen LogP contribution in [0.2, 0.25) is 0 Å². The van der Waals surface area contributed by atoms with Crippen molar-refractivity contribution in [2.24, 2.45) is 0 Å². The van der Waals surface area contributed by atoms with E-state index in [0.29, 0.717) is 17.1 Å². The Morgan fingerprint density at radius 1 is 0.905 bits per heavy atom. The maximum absolute atomic E-state index is 12.5. The van der Waals surface area contributed by atoms with Crippen LogP contribution < -0.4 is 9.47 Å². The normalized spacial score (nSPS) is 14.4. The van der Waals surface area contributed by atoms with Crippen LogP contribution in [0, 0.1) is 0 Å². The first-order valence-corrected chi connectivity index (χ1v) is 6.70. The molecule has 0 atom stereocenters. The van der Waals surface area contributed by atoms with Crippen LogP contribution in [0.3, 0.4) is 0 Å². The average molecular weight is 275 g/mol. The van der Waals surface area contributed by atoms with Gasteiger partial charge in [-0.2, -0.15) is 0 Å². The number of fused-ring (bicyclic) bond motifs is 5. The first-order chi connectivity index (χ1) is 10.3. The lowest BCUT2D eigenvalue weighted by atomic mass is 10.1. The molecule has 5 rings (SSSR count). The summed E-state index contributed by atoms with van der Waals surface area (Å²) in [5.41, 5.74) is 3.83. The highest BCUT2D eigenvalue weighted by Crippen LogP contribution is 2.40. The monoisotopic (exact) mass is 275 g/mol. The summed E-state index contributed by atoms with van der Waals surface area (Å²) in [5.74, 6) is 1.44. The minimum Gasteiger partial charge on any atom is -0.454 e. The molecule has 0 saturated heterocycles. The van der Waals surface area contributed by atoms with Crippen LogP contribution in [-0.4, -0.2) is 17.6 Å². The molecule has 0 fully saturated rings. The molecule has 0 saturated carbocycles. The summed E-state index contributed by atoms with van der Waals surface area (Å²) in [5, 5.41) is 0.888. The van der Waals surface area contributed by atoms with E-state index in [1.54, 1.807) is 0 Å². The topological polar surface area (TPSA) is 48.4 Å². The van der Waals surface area contributed by atoms with Gasteiger partial charge >= 0.3 is 0 Å². The number of rotatable bonds is 0. The summed E-state index contributed by atoms with van der Waals surface area (Å²) < 4.78 is 10.8. The molecule has 2 aliphatic rings. The summed E-state index contributed by atoms with van der Waals surface area (Å²) in [6, 6.07) is 13.2. The highest BCUT2D eigenvalue weighted by atomic mass is 16.7. The maximum Gasteiger partial charge on any atom is 0.231 e. The molecule has 0 radical (unpaired) electrons. The van der Waals surface area contributed by atoms with E-state index in [1.807, 2.05) is 42.5 Å². The number of hydrogen-bond acceptors (Lipinski definition) is 4. The van der Waals surface area contributed by atoms with E-state index in [2.05, 4.69) is 4.98 Å². The summed E-state index contributed by atoms with van der Waals surface area (Å²) in [7, 11) is 0. The quantitative estimate of drug-likeness (QED) is 0.494. The summed E-state index contributed by atoms with van der Waals surface area (Å²) in [6.07, 6.45) is 0. The molecule has 21 heavy (non-hydrogen) atoms. The van der Waals surface area contributed by atoms with E-state index in [9.17, 15) is 4.79 Å². The van der Waals surface area contributed by atoms with E-state index in [1.165, 1.54) is 0 Å². The van der Waals surface area contributed by atoms with E-state index in [0.717, 1.165) is 27.7 Å². The van der Waals surface area contributed by atoms with Crippen LogP contribution >= 0.6 is 0 Å². The first kappa shape index (κ1) is 10.9. The fraction of sp³-hybridized carbons (Fsp3) is 0.0588. The zero-order valence-electron chi connectivity index (χ0n) is 10.9. The van der Waals surface area contributed by atoms with E-state index in [-0.39, 0.29) is 12.6 Å². The molecule has 1 aliphatic carbocycles. The van der Waals surface area contributed by atoms with Gasteiger partial charge in [0.2, 0.25) is 6.79 Å². The van der Waals surface area contributed by atoms with Gasteiger partial charge in [0.1, 0.15) is 0 Å². The molecule has 4 heteroatoms. The van der Waals surface area contributed by atoms with Crippen molar-refractivity contribution in [3.05, 3.63) is 53.6 Å². The summed E-state index contributed by atoms with van der Waals surface area (Å²) >= 11 is 0. The molecule has 0 unspecified atom stereocenters. The second kappa shape index (κ2) is 3.61. The molecular weight excluding hydrogens is 266 g/mol. The lowest BCUT2D eigenvalue weighted by Crippen LogP contribution is -1.95. The number of hydrogen-bond donors (Lipinski definition) is 0. The van der Waals surface area contributed by atoms with Crippen LogP contribution in [0.4, 0.5) is 0 Å². The Kier molecular flexibility index (Phi) is 1.86. The fourth-order valence-corrected chi connectivity index (χ4v) is 2.98. The highest BCUT2D eigenvalue weighted by molar-refractivity contribution is 6.22. The number of ether oxygens (including phenoxy) is 2. The van der Waals surface area contributed by atoms with Crippen molar-refractivity contribution < 1.29 is 14.3 Å². The third-order valence-electron chi connectivity index (χ3n) is 3.98. The van der Waals surface area contributed by atoms with E-state index in [4.69, 9.17) is 9.47 Å². The largest absolute Gasteiger partial charge is 0.454 e. The standard InChI is InChI=1S/C17H9NO3/c19-17-11-4-2-1-3-10(11)16-12(17)5-9-6-14-15(21-8-20-14)7-13(9)18-16/h1-7H,8H2. The summed E-state index contributed by atoms with van der Waals surface area (Å²) in [6.45, 7) is 0.229. The molecule has 2 heterocycles. The van der Waals surface area contributed by atoms with Crippen LogP contribution in [0.25, 0.3) is 22.2 Å². The number of aromatic nitrogens is 1. The van der Waals surface area contributed by atoms with Gasteiger partial charge in [0.15, 0.2) is 17.3 Å². The molecule has 0 amide bonds. The van der Waals surface area contributed by atoms with Gasteiger partial charge < -0.3 is 9.47 Å². The zero-order valence-corrected chi connectivity index (χ0v) is 10.9. The number of carbonyl (C=O) groups excluding carboxylic acids is 1. The predicted molar refractivity (Wildman–Crippen MR) is 76.7 cm³/mol. The van der Waals surface area contributed by atoms with Crippen molar-refractivity contribution in [2.45, 2.75) is 0 Å². The Morgan fingerprint density at radius 3 is 2.52 bits per heavy atom. The SMILES string of the molecule is O=C1c2ccccc2-c2nc3cc4c(cc3cc21)OCO4. The average Bonchev–Trinajstić information content (AvgIpc) is 3.07. The molecule has 0 spiro atoms. The van der Waals surface area contributed by atoms with Crippen molar-refractivity contribution in [2.75, 3.05) is 6.79 Å². The lowest BCUT2D eigenvalue weighted by Gasteiger charge is -2.04. The van der Waals surface area contributed by atoms with Gasteiger partial charge in [0.25, 0.3) is 0 Å². The Bertz CT molecular complexity index is 946. The minimum absolute atomic E-state index is 0.0349. The fourth-order valence-electron chi connectivity index (χ4n) is 2.98. The predicted octanol–water partition coefficient (Wildman–Crippen LogP) is 3.17. The molecule has 1 aromatic heterocycles. The number of pyridine rings is 1. The molecule has 1 aliphatic heterocycles. The summed E-state index contributed by atoms with van der Waals surface area (Å²) in [4.78, 5) is 17.1. The van der Waals surface area contributed by atoms with Crippen molar-refractivity contribution >= 4 is 16.7 Å². The number of carbonyl (C=O) groups is 1. The Hall–Kier alpha value is -2.88. The van der Waals surface area contributed by atoms with E-state index >= 15 is 0 Å². The molecule has 0 bridgehead atoms. The van der Waals surface area contributed by atoms with Crippen LogP contribution in [0.5, 0.6) is 11.5 Å². The second-order valence-corrected chi connectivity index (χ2v) is 5.16. The minimum atomic E-state index is 0.0349. The number of ketones is 1. The first-order valence-electron chi connectivity index (χ1n) is 6.70. The third-order valence-corrected chi connectivity index (χ3v) is 3.98. The molecule has 0 N–H and O–H groups in total. The smallest absolute Gasteiger partial charge is 0.231 e. The van der Waals surface area contributed by atoms with Gasteiger partial charge in [-0.3, -0.25) is 4.79 Å². The molecule has 2 aromatic carbocycles. The van der Waals surface area contributed by atoms with Gasteiger partial charge in [-0.15, -0.1) is 0 Å². The van der Waals surface area contributed by atoms with Gasteiger partial charge in [-0.1, -0.05) is 24.3 Å². The van der Waals surface area contributed by atoms with Gasteiger partial charge in [0.05, 0.1) is 11.2 Å². The number of benzene rings is 2. The van der Waals surface area contributed by atoms with Crippen LogP contribution in [0.1, 0.15) is 15.9 Å². The van der Waals surface area contributed by atoms with Gasteiger partial charge in [-0.25, -0.2) is 4.98 Å². The zero-order chi connectivity index (χ0) is 14.0. The Morgan fingerprint density at radius 2 is 1.67 bits per heavy atom. The Balaban J connectivity index is 1.85. The van der Waals surface area contributed by atoms with Crippen molar-refractivity contribution in [1.29, 1.82) is 0 Å². The third kappa shape index (κ3) is 1.34. The molecule has 3 aromatic rings. The van der Waals surface area contributed by atoms with Gasteiger partial charge in [0, 0.05) is 28.1 Å². The van der Waals surface area contributed by atoms with Crippen molar-refractivity contribution in [3.63, 3.8) is 0 Å².